The van der Waals surface area contributed by atoms with E-state index >= 15 is 0 Å². The molecule has 1 aliphatic heterocycles. The van der Waals surface area contributed by atoms with Crippen LogP contribution in [-0.4, -0.2) is 11.9 Å². The largest absolute Gasteiger partial charge is 0.408 e. The summed E-state index contributed by atoms with van der Waals surface area (Å²) in [4.78, 5) is 22.2. The Morgan fingerprint density at radius 1 is 1.18 bits per heavy atom. The molecule has 0 aromatic carbocycles. The molecule has 11 heavy (non-hydrogen) atoms. The molecule has 1 heterocycles. The molecule has 0 N–H and O–H groups in total. The summed E-state index contributed by atoms with van der Waals surface area (Å²) in [5.41, 5.74) is -0.898. The zero-order valence-corrected chi connectivity index (χ0v) is 6.75. The maximum atomic E-state index is 11.1. The van der Waals surface area contributed by atoms with Gasteiger partial charge in [-0.15, -0.1) is 0 Å². The van der Waals surface area contributed by atoms with Gasteiger partial charge in [-0.05, 0) is 19.3 Å². The predicted molar refractivity (Wildman–Crippen MR) is 36.8 cm³/mol. The van der Waals surface area contributed by atoms with E-state index in [0.29, 0.717) is 12.8 Å². The van der Waals surface area contributed by atoms with Gasteiger partial charge >= 0.3 is 11.9 Å². The molecule has 0 aromatic heterocycles. The van der Waals surface area contributed by atoms with Gasteiger partial charge in [0.05, 0.1) is 0 Å². The molecule has 0 radical (unpaired) electrons. The van der Waals surface area contributed by atoms with Crippen molar-refractivity contribution >= 4 is 21.0 Å². The lowest BCUT2D eigenvalue weighted by Crippen LogP contribution is -2.47. The number of hydrogen-bond acceptors (Lipinski definition) is 4. The molecule has 1 spiro atoms. The van der Waals surface area contributed by atoms with Gasteiger partial charge in [-0.3, -0.25) is 9.59 Å². The van der Waals surface area contributed by atoms with E-state index in [0.717, 1.165) is 6.42 Å². The van der Waals surface area contributed by atoms with Crippen molar-refractivity contribution in [2.24, 2.45) is 5.41 Å². The molecule has 2 rings (SSSR count). The van der Waals surface area contributed by atoms with Gasteiger partial charge in [0.1, 0.15) is 0 Å². The molecule has 1 aliphatic carbocycles. The summed E-state index contributed by atoms with van der Waals surface area (Å²) in [6.07, 6.45) is 2.09. The van der Waals surface area contributed by atoms with Gasteiger partial charge in [-0.25, -0.2) is 0 Å². The highest BCUT2D eigenvalue weighted by Gasteiger charge is 2.56. The molecule has 1 saturated carbocycles. The highest BCUT2D eigenvalue weighted by atomic mass is 31.1. The lowest BCUT2D eigenvalue weighted by atomic mass is 9.69. The van der Waals surface area contributed by atoms with Crippen molar-refractivity contribution in [1.29, 1.82) is 0 Å². The molecule has 0 aromatic rings. The van der Waals surface area contributed by atoms with Gasteiger partial charge in [-0.1, -0.05) is 0 Å². The summed E-state index contributed by atoms with van der Waals surface area (Å²) in [5.74, 6) is -0.781. The normalized spacial score (nSPS) is 27.3. The maximum Gasteiger partial charge on any atom is 0.328 e. The summed E-state index contributed by atoms with van der Waals surface area (Å²) < 4.78 is 9.30. The number of rotatable bonds is 0. The van der Waals surface area contributed by atoms with E-state index in [9.17, 15) is 9.59 Å². The summed E-state index contributed by atoms with van der Waals surface area (Å²) in [6.45, 7) is 0. The minimum atomic E-state index is -0.898. The number of carbonyl (C=O) groups excluding carboxylic acids is 2. The summed E-state index contributed by atoms with van der Waals surface area (Å²) in [5, 5.41) is 0. The van der Waals surface area contributed by atoms with Gasteiger partial charge in [0.2, 0.25) is 0 Å². The molecule has 5 heteroatoms. The lowest BCUT2D eigenvalue weighted by Gasteiger charge is -2.38. The lowest BCUT2D eigenvalue weighted by molar-refractivity contribution is -0.172. The van der Waals surface area contributed by atoms with E-state index in [1.807, 2.05) is 0 Å². The quantitative estimate of drug-likeness (QED) is 0.402. The topological polar surface area (TPSA) is 52.6 Å². The van der Waals surface area contributed by atoms with E-state index in [4.69, 9.17) is 0 Å². The van der Waals surface area contributed by atoms with Crippen LogP contribution in [0.1, 0.15) is 19.3 Å². The van der Waals surface area contributed by atoms with Crippen molar-refractivity contribution in [2.45, 2.75) is 19.3 Å². The van der Waals surface area contributed by atoms with Crippen molar-refractivity contribution in [3.8, 4) is 0 Å². The van der Waals surface area contributed by atoms with E-state index in [-0.39, 0.29) is 0 Å². The maximum absolute atomic E-state index is 11.1. The summed E-state index contributed by atoms with van der Waals surface area (Å²) >= 11 is 0. The van der Waals surface area contributed by atoms with Gasteiger partial charge < -0.3 is 9.05 Å². The minimum absolute atomic E-state index is 0.390. The fourth-order valence-electron chi connectivity index (χ4n) is 1.31. The summed E-state index contributed by atoms with van der Waals surface area (Å²) in [6, 6.07) is 0. The smallest absolute Gasteiger partial charge is 0.328 e. The predicted octanol–water partition coefficient (Wildman–Crippen LogP) is 0.765. The average Bonchev–Trinajstić information content (AvgIpc) is 1.83. The van der Waals surface area contributed by atoms with Crippen LogP contribution in [0.25, 0.3) is 0 Å². The van der Waals surface area contributed by atoms with Crippen LogP contribution >= 0.6 is 9.03 Å². The van der Waals surface area contributed by atoms with Crippen molar-refractivity contribution in [2.75, 3.05) is 0 Å². The third kappa shape index (κ3) is 0.791. The molecule has 1 saturated heterocycles. The van der Waals surface area contributed by atoms with E-state index < -0.39 is 26.4 Å². The number of hydrogen-bond donors (Lipinski definition) is 0. The average molecular weight is 174 g/mol. The molecule has 0 amide bonds. The van der Waals surface area contributed by atoms with Crippen molar-refractivity contribution < 1.29 is 18.6 Å². The second-order valence-corrected chi connectivity index (χ2v) is 3.37. The first-order valence-corrected chi connectivity index (χ1v) is 4.25. The van der Waals surface area contributed by atoms with Crippen LogP contribution in [0, 0.1) is 5.41 Å². The zero-order chi connectivity index (χ0) is 7.90. The molecular formula is C6H7O4P. The first-order valence-electron chi connectivity index (χ1n) is 3.43. The van der Waals surface area contributed by atoms with Crippen LogP contribution in [0.15, 0.2) is 0 Å². The van der Waals surface area contributed by atoms with Gasteiger partial charge in [-0.2, -0.15) is 0 Å². The Bertz CT molecular complexity index is 203. The second-order valence-electron chi connectivity index (χ2n) is 2.80. The SMILES string of the molecule is O=C1OPOC(=O)C12CCC2. The van der Waals surface area contributed by atoms with E-state index in [1.54, 1.807) is 0 Å². The minimum Gasteiger partial charge on any atom is -0.408 e. The third-order valence-corrected chi connectivity index (χ3v) is 2.79. The fraction of sp³-hybridized carbons (Fsp3) is 0.667. The highest BCUT2D eigenvalue weighted by molar-refractivity contribution is 7.28. The Labute approximate surface area is 65.2 Å². The molecule has 2 aliphatic rings. The Kier molecular flexibility index (Phi) is 1.39. The first-order chi connectivity index (χ1) is 5.26. The first kappa shape index (κ1) is 7.04. The number of carbonyl (C=O) groups is 2. The van der Waals surface area contributed by atoms with Crippen LogP contribution in [0.3, 0.4) is 0 Å². The third-order valence-electron chi connectivity index (χ3n) is 2.26. The Morgan fingerprint density at radius 3 is 2.00 bits per heavy atom. The van der Waals surface area contributed by atoms with Crippen molar-refractivity contribution in [3.05, 3.63) is 0 Å². The molecule has 2 fully saturated rings. The van der Waals surface area contributed by atoms with Crippen molar-refractivity contribution in [1.82, 2.24) is 0 Å². The molecule has 60 valence electrons. The fourth-order valence-corrected chi connectivity index (χ4v) is 1.90. The molecular weight excluding hydrogens is 167 g/mol. The standard InChI is InChI=1S/C6H7O4P/c7-4-6(2-1-3-6)5(8)10-11-9-4/h11H,1-3H2. The van der Waals surface area contributed by atoms with Crippen LogP contribution < -0.4 is 0 Å². The Balaban J connectivity index is 2.25. The molecule has 0 bridgehead atoms. The van der Waals surface area contributed by atoms with Gasteiger partial charge in [0, 0.05) is 0 Å². The molecule has 0 atom stereocenters. The van der Waals surface area contributed by atoms with Crippen LogP contribution in [0.2, 0.25) is 0 Å². The molecule has 0 unspecified atom stereocenters. The van der Waals surface area contributed by atoms with Crippen LogP contribution in [0.4, 0.5) is 0 Å². The Morgan fingerprint density at radius 2 is 1.73 bits per heavy atom. The highest BCUT2D eigenvalue weighted by Crippen LogP contribution is 2.48. The van der Waals surface area contributed by atoms with Gasteiger partial charge in [0.25, 0.3) is 9.03 Å². The molecule has 4 nitrogen and oxygen atoms in total. The second kappa shape index (κ2) is 2.18. The van der Waals surface area contributed by atoms with Gasteiger partial charge in [0.15, 0.2) is 5.41 Å². The van der Waals surface area contributed by atoms with Crippen LogP contribution in [0.5, 0.6) is 0 Å². The zero-order valence-electron chi connectivity index (χ0n) is 5.75. The van der Waals surface area contributed by atoms with Crippen molar-refractivity contribution in [3.63, 3.8) is 0 Å². The summed E-state index contributed by atoms with van der Waals surface area (Å²) in [7, 11) is -0.433. The van der Waals surface area contributed by atoms with Crippen LogP contribution in [-0.2, 0) is 18.6 Å². The van der Waals surface area contributed by atoms with E-state index in [2.05, 4.69) is 9.05 Å². The van der Waals surface area contributed by atoms with E-state index in [1.165, 1.54) is 0 Å². The Hall–Kier alpha value is -0.630. The monoisotopic (exact) mass is 174 g/mol.